The Balaban J connectivity index is 2.36. The summed E-state index contributed by atoms with van der Waals surface area (Å²) in [6, 6.07) is 5.92. The maximum Gasteiger partial charge on any atom is 0.184 e. The molecule has 1 unspecified atom stereocenters. The van der Waals surface area contributed by atoms with Crippen LogP contribution in [0.15, 0.2) is 18.2 Å². The molecule has 0 fully saturated rings. The zero-order chi connectivity index (χ0) is 14.9. The normalized spacial score (nSPS) is 13.4. The van der Waals surface area contributed by atoms with Crippen molar-refractivity contribution in [1.82, 2.24) is 20.2 Å². The Bertz CT molecular complexity index is 595. The van der Waals surface area contributed by atoms with Crippen LogP contribution in [0.3, 0.4) is 0 Å². The first kappa shape index (κ1) is 14.5. The molecule has 0 aliphatic rings. The molecule has 0 amide bonds. The molecule has 1 heterocycles. The molecule has 0 aliphatic heterocycles. The Morgan fingerprint density at radius 3 is 2.65 bits per heavy atom. The standard InChI is InChI=1S/C15H23N5/c1-10-6-7-13(16)12(8-10)14-17-18-19-20(14)9-11(2)15(3,4)5/h6-8,11H,9,16H2,1-5H3. The first-order valence-corrected chi connectivity index (χ1v) is 6.91. The molecule has 0 bridgehead atoms. The smallest absolute Gasteiger partial charge is 0.184 e. The van der Waals surface area contributed by atoms with Crippen LogP contribution in [-0.2, 0) is 6.54 Å². The molecule has 1 atom stereocenters. The van der Waals surface area contributed by atoms with Crippen molar-refractivity contribution in [2.75, 3.05) is 5.73 Å². The summed E-state index contributed by atoms with van der Waals surface area (Å²) >= 11 is 0. The SMILES string of the molecule is Cc1ccc(N)c(-c2nnnn2CC(C)C(C)(C)C)c1. The van der Waals surface area contributed by atoms with Gasteiger partial charge in [-0.15, -0.1) is 5.10 Å². The summed E-state index contributed by atoms with van der Waals surface area (Å²) in [6.45, 7) is 11.7. The van der Waals surface area contributed by atoms with E-state index in [0.29, 0.717) is 11.6 Å². The number of tetrazole rings is 1. The fourth-order valence-electron chi connectivity index (χ4n) is 1.92. The zero-order valence-corrected chi connectivity index (χ0v) is 12.9. The summed E-state index contributed by atoms with van der Waals surface area (Å²) in [5.74, 6) is 1.19. The van der Waals surface area contributed by atoms with Gasteiger partial charge in [-0.05, 0) is 40.8 Å². The van der Waals surface area contributed by atoms with Gasteiger partial charge in [0.1, 0.15) is 0 Å². The third-order valence-electron chi connectivity index (χ3n) is 3.91. The molecule has 2 rings (SSSR count). The summed E-state index contributed by atoms with van der Waals surface area (Å²) in [6.07, 6.45) is 0. The van der Waals surface area contributed by atoms with Gasteiger partial charge in [-0.3, -0.25) is 0 Å². The van der Waals surface area contributed by atoms with Gasteiger partial charge < -0.3 is 5.73 Å². The van der Waals surface area contributed by atoms with Gasteiger partial charge >= 0.3 is 0 Å². The average Bonchev–Trinajstić information content (AvgIpc) is 2.79. The van der Waals surface area contributed by atoms with Gasteiger partial charge in [-0.2, -0.15) is 0 Å². The van der Waals surface area contributed by atoms with E-state index in [2.05, 4.69) is 43.2 Å². The summed E-state index contributed by atoms with van der Waals surface area (Å²) in [5.41, 5.74) is 9.02. The lowest BCUT2D eigenvalue weighted by Gasteiger charge is -2.27. The van der Waals surface area contributed by atoms with Gasteiger partial charge in [0, 0.05) is 17.8 Å². The third-order valence-corrected chi connectivity index (χ3v) is 3.91. The minimum Gasteiger partial charge on any atom is -0.398 e. The Morgan fingerprint density at radius 1 is 1.30 bits per heavy atom. The number of nitrogens with two attached hydrogens (primary N) is 1. The Morgan fingerprint density at radius 2 is 2.00 bits per heavy atom. The first-order chi connectivity index (χ1) is 9.29. The summed E-state index contributed by atoms with van der Waals surface area (Å²) in [5, 5.41) is 12.1. The van der Waals surface area contributed by atoms with Gasteiger partial charge in [0.25, 0.3) is 0 Å². The molecule has 0 spiro atoms. The number of nitrogen functional groups attached to an aromatic ring is 1. The molecule has 1 aromatic carbocycles. The van der Waals surface area contributed by atoms with Gasteiger partial charge in [0.2, 0.25) is 0 Å². The molecule has 2 aromatic rings. The zero-order valence-electron chi connectivity index (χ0n) is 12.9. The fraction of sp³-hybridized carbons (Fsp3) is 0.533. The van der Waals surface area contributed by atoms with Crippen LogP contribution in [0.1, 0.15) is 33.3 Å². The van der Waals surface area contributed by atoms with Crippen LogP contribution in [0.2, 0.25) is 0 Å². The fourth-order valence-corrected chi connectivity index (χ4v) is 1.92. The number of aryl methyl sites for hydroxylation is 1. The van der Waals surface area contributed by atoms with E-state index in [1.165, 1.54) is 0 Å². The van der Waals surface area contributed by atoms with Gasteiger partial charge in [0.05, 0.1) is 0 Å². The molecule has 5 heteroatoms. The number of hydrogen-bond donors (Lipinski definition) is 1. The largest absolute Gasteiger partial charge is 0.398 e. The van der Waals surface area contributed by atoms with Gasteiger partial charge in [-0.1, -0.05) is 39.3 Å². The van der Waals surface area contributed by atoms with Gasteiger partial charge in [-0.25, -0.2) is 4.68 Å². The lowest BCUT2D eigenvalue weighted by atomic mass is 9.82. The second kappa shape index (κ2) is 5.23. The van der Waals surface area contributed by atoms with Crippen LogP contribution in [0, 0.1) is 18.3 Å². The van der Waals surface area contributed by atoms with Crippen molar-refractivity contribution in [3.8, 4) is 11.4 Å². The van der Waals surface area contributed by atoms with Crippen LogP contribution in [-0.4, -0.2) is 20.2 Å². The lowest BCUT2D eigenvalue weighted by molar-refractivity contribution is 0.225. The van der Waals surface area contributed by atoms with E-state index in [1.54, 1.807) is 0 Å². The highest BCUT2D eigenvalue weighted by Crippen LogP contribution is 2.29. The summed E-state index contributed by atoms with van der Waals surface area (Å²) < 4.78 is 1.85. The highest BCUT2D eigenvalue weighted by atomic mass is 15.5. The van der Waals surface area contributed by atoms with Crippen molar-refractivity contribution in [3.05, 3.63) is 23.8 Å². The third kappa shape index (κ3) is 2.98. The Hall–Kier alpha value is -1.91. The van der Waals surface area contributed by atoms with E-state index >= 15 is 0 Å². The predicted octanol–water partition coefficient (Wildman–Crippen LogP) is 2.91. The second-order valence-corrected chi connectivity index (χ2v) is 6.54. The minimum atomic E-state index is 0.210. The summed E-state index contributed by atoms with van der Waals surface area (Å²) in [7, 11) is 0. The number of anilines is 1. The van der Waals surface area contributed by atoms with Crippen molar-refractivity contribution in [1.29, 1.82) is 0 Å². The number of hydrogen-bond acceptors (Lipinski definition) is 4. The van der Waals surface area contributed by atoms with Crippen molar-refractivity contribution < 1.29 is 0 Å². The Labute approximate surface area is 120 Å². The first-order valence-electron chi connectivity index (χ1n) is 6.91. The molecule has 0 saturated heterocycles. The number of rotatable bonds is 3. The van der Waals surface area contributed by atoms with E-state index in [-0.39, 0.29) is 5.41 Å². The highest BCUT2D eigenvalue weighted by Gasteiger charge is 2.23. The maximum absolute atomic E-state index is 6.06. The lowest BCUT2D eigenvalue weighted by Crippen LogP contribution is -2.23. The molecule has 108 valence electrons. The molecule has 5 nitrogen and oxygen atoms in total. The van der Waals surface area contributed by atoms with E-state index in [1.807, 2.05) is 29.8 Å². The number of aromatic nitrogens is 4. The van der Waals surface area contributed by atoms with Crippen molar-refractivity contribution >= 4 is 5.69 Å². The minimum absolute atomic E-state index is 0.210. The van der Waals surface area contributed by atoms with E-state index in [0.717, 1.165) is 23.5 Å². The quantitative estimate of drug-likeness (QED) is 0.873. The van der Waals surface area contributed by atoms with Crippen molar-refractivity contribution in [2.45, 2.75) is 41.2 Å². The van der Waals surface area contributed by atoms with Crippen LogP contribution >= 0.6 is 0 Å². The summed E-state index contributed by atoms with van der Waals surface area (Å²) in [4.78, 5) is 0. The molecule has 1 aromatic heterocycles. The Kier molecular flexibility index (Phi) is 3.79. The van der Waals surface area contributed by atoms with Crippen LogP contribution in [0.4, 0.5) is 5.69 Å². The number of nitrogens with zero attached hydrogens (tertiary/aromatic N) is 4. The molecule has 20 heavy (non-hydrogen) atoms. The van der Waals surface area contributed by atoms with E-state index in [4.69, 9.17) is 5.73 Å². The maximum atomic E-state index is 6.06. The average molecular weight is 273 g/mol. The van der Waals surface area contributed by atoms with Crippen LogP contribution in [0.5, 0.6) is 0 Å². The monoisotopic (exact) mass is 273 g/mol. The van der Waals surface area contributed by atoms with Gasteiger partial charge in [0.15, 0.2) is 5.82 Å². The van der Waals surface area contributed by atoms with Crippen LogP contribution < -0.4 is 5.73 Å². The molecule has 2 N–H and O–H groups in total. The van der Waals surface area contributed by atoms with E-state index < -0.39 is 0 Å². The predicted molar refractivity (Wildman–Crippen MR) is 81.0 cm³/mol. The second-order valence-electron chi connectivity index (χ2n) is 6.54. The van der Waals surface area contributed by atoms with E-state index in [9.17, 15) is 0 Å². The molecule has 0 saturated carbocycles. The topological polar surface area (TPSA) is 69.6 Å². The molecular formula is C15H23N5. The number of benzene rings is 1. The molecule has 0 radical (unpaired) electrons. The molecule has 0 aliphatic carbocycles. The van der Waals surface area contributed by atoms with Crippen molar-refractivity contribution in [3.63, 3.8) is 0 Å². The highest BCUT2D eigenvalue weighted by molar-refractivity contribution is 5.71. The molecular weight excluding hydrogens is 250 g/mol. The van der Waals surface area contributed by atoms with Crippen LogP contribution in [0.25, 0.3) is 11.4 Å². The van der Waals surface area contributed by atoms with Crippen molar-refractivity contribution in [2.24, 2.45) is 11.3 Å².